The Morgan fingerprint density at radius 1 is 1.13 bits per heavy atom. The molecular weight excluding hydrogens is 463 g/mol. The number of thiocarbonyl (C=S) groups is 1. The molecule has 2 aromatic carbocycles. The quantitative estimate of drug-likeness (QED) is 0.218. The second-order valence-corrected chi connectivity index (χ2v) is 7.46. The smallest absolute Gasteiger partial charge is 0.288 e. The molecule has 0 spiro atoms. The fraction of sp³-hybridized carbons (Fsp3) is 0.150. The van der Waals surface area contributed by atoms with E-state index in [4.69, 9.17) is 35.4 Å². The van der Waals surface area contributed by atoms with Crippen molar-refractivity contribution in [2.24, 2.45) is 0 Å². The summed E-state index contributed by atoms with van der Waals surface area (Å²) in [5, 5.41) is 19.2. The van der Waals surface area contributed by atoms with Gasteiger partial charge in [-0.2, -0.15) is 0 Å². The Morgan fingerprint density at radius 3 is 2.52 bits per heavy atom. The third-order valence-corrected chi connectivity index (χ3v) is 4.66. The third kappa shape index (κ3) is 7.63. The summed E-state index contributed by atoms with van der Waals surface area (Å²) in [6.07, 6.45) is 3.67. The Kier molecular flexibility index (Phi) is 8.92. The van der Waals surface area contributed by atoms with Crippen molar-refractivity contribution in [3.63, 3.8) is 0 Å². The van der Waals surface area contributed by atoms with Crippen LogP contribution < -0.4 is 16.0 Å². The monoisotopic (exact) mass is 480 g/mol. The predicted molar refractivity (Wildman–Crippen MR) is 126 cm³/mol. The zero-order valence-corrected chi connectivity index (χ0v) is 18.6. The minimum atomic E-state index is -0.610. The van der Waals surface area contributed by atoms with Gasteiger partial charge in [0.2, 0.25) is 11.8 Å². The van der Waals surface area contributed by atoms with Crippen LogP contribution >= 0.6 is 35.4 Å². The van der Waals surface area contributed by atoms with E-state index in [2.05, 4.69) is 16.0 Å². The highest BCUT2D eigenvalue weighted by Crippen LogP contribution is 2.26. The van der Waals surface area contributed by atoms with Crippen molar-refractivity contribution in [2.45, 2.75) is 19.8 Å². The van der Waals surface area contributed by atoms with Gasteiger partial charge in [-0.3, -0.25) is 25.0 Å². The number of nitrogens with one attached hydrogen (secondary N) is 3. The number of benzene rings is 2. The summed E-state index contributed by atoms with van der Waals surface area (Å²) in [4.78, 5) is 34.2. The first-order chi connectivity index (χ1) is 14.7. The van der Waals surface area contributed by atoms with E-state index in [0.717, 1.165) is 6.42 Å². The first-order valence-electron chi connectivity index (χ1n) is 9.03. The van der Waals surface area contributed by atoms with Crippen LogP contribution in [0.25, 0.3) is 6.08 Å². The lowest BCUT2D eigenvalue weighted by molar-refractivity contribution is -0.384. The maximum Gasteiger partial charge on any atom is 0.288 e. The SMILES string of the molecule is CCCC(=O)Nc1ccc(Cl)c(NC(=S)NC(=O)C=Cc2ccc(Cl)c([N+](=O)[O-])c2)c1. The third-order valence-electron chi connectivity index (χ3n) is 3.81. The zero-order valence-electron chi connectivity index (χ0n) is 16.3. The molecular formula is C20H18Cl2N4O4S. The normalized spacial score (nSPS) is 10.5. The molecule has 3 N–H and O–H groups in total. The summed E-state index contributed by atoms with van der Waals surface area (Å²) < 4.78 is 0. The fourth-order valence-corrected chi connectivity index (χ4v) is 2.96. The number of rotatable bonds is 7. The van der Waals surface area contributed by atoms with Crippen molar-refractivity contribution < 1.29 is 14.5 Å². The number of hydrogen-bond acceptors (Lipinski definition) is 5. The minimum Gasteiger partial charge on any atom is -0.331 e. The number of nitro groups is 1. The van der Waals surface area contributed by atoms with Gasteiger partial charge >= 0.3 is 0 Å². The van der Waals surface area contributed by atoms with Crippen molar-refractivity contribution in [1.82, 2.24) is 5.32 Å². The zero-order chi connectivity index (χ0) is 23.0. The van der Waals surface area contributed by atoms with Crippen LogP contribution in [-0.4, -0.2) is 21.9 Å². The Bertz CT molecular complexity index is 1060. The Labute approximate surface area is 193 Å². The van der Waals surface area contributed by atoms with Gasteiger partial charge < -0.3 is 10.6 Å². The largest absolute Gasteiger partial charge is 0.331 e. The van der Waals surface area contributed by atoms with E-state index in [1.807, 2.05) is 6.92 Å². The van der Waals surface area contributed by atoms with Crippen LogP contribution in [-0.2, 0) is 9.59 Å². The van der Waals surface area contributed by atoms with Gasteiger partial charge in [-0.1, -0.05) is 36.2 Å². The Morgan fingerprint density at radius 2 is 1.84 bits per heavy atom. The number of carbonyl (C=O) groups is 2. The summed E-state index contributed by atoms with van der Waals surface area (Å²) in [5.74, 6) is -0.683. The molecule has 162 valence electrons. The van der Waals surface area contributed by atoms with Crippen LogP contribution in [0.4, 0.5) is 17.1 Å². The van der Waals surface area contributed by atoms with Crippen LogP contribution in [0.3, 0.4) is 0 Å². The van der Waals surface area contributed by atoms with Crippen molar-refractivity contribution in [1.29, 1.82) is 0 Å². The second kappa shape index (κ2) is 11.4. The van der Waals surface area contributed by atoms with Gasteiger partial charge in [0.05, 0.1) is 15.6 Å². The second-order valence-electron chi connectivity index (χ2n) is 6.24. The van der Waals surface area contributed by atoms with Gasteiger partial charge in [0.15, 0.2) is 5.11 Å². The molecule has 2 amide bonds. The van der Waals surface area contributed by atoms with Crippen molar-refractivity contribution in [3.8, 4) is 0 Å². The Hall–Kier alpha value is -3.01. The molecule has 0 atom stereocenters. The summed E-state index contributed by atoms with van der Waals surface area (Å²) in [7, 11) is 0. The molecule has 31 heavy (non-hydrogen) atoms. The molecule has 2 rings (SSSR count). The van der Waals surface area contributed by atoms with Crippen molar-refractivity contribution in [3.05, 3.63) is 68.2 Å². The van der Waals surface area contributed by atoms with Crippen molar-refractivity contribution in [2.75, 3.05) is 10.6 Å². The van der Waals surface area contributed by atoms with E-state index in [1.54, 1.807) is 18.2 Å². The molecule has 0 bridgehead atoms. The molecule has 0 radical (unpaired) electrons. The topological polar surface area (TPSA) is 113 Å². The standard InChI is InChI=1S/C20H18Cl2N4O4S/c1-2-3-18(27)23-13-6-8-14(21)16(11-13)24-20(31)25-19(28)9-5-12-4-7-15(22)17(10-12)26(29)30/h4-11H,2-3H2,1H3,(H,23,27)(H2,24,25,28,31). The molecule has 8 nitrogen and oxygen atoms in total. The number of halogens is 2. The molecule has 0 saturated carbocycles. The molecule has 0 aliphatic rings. The molecule has 0 aliphatic heterocycles. The molecule has 2 aromatic rings. The van der Waals surface area contributed by atoms with Crippen LogP contribution in [0.2, 0.25) is 10.0 Å². The fourth-order valence-electron chi connectivity index (χ4n) is 2.40. The highest BCUT2D eigenvalue weighted by atomic mass is 35.5. The number of anilines is 2. The minimum absolute atomic E-state index is 0.00183. The summed E-state index contributed by atoms with van der Waals surface area (Å²) in [6, 6.07) is 8.99. The van der Waals surface area contributed by atoms with E-state index < -0.39 is 10.8 Å². The maximum atomic E-state index is 12.1. The van der Waals surface area contributed by atoms with E-state index >= 15 is 0 Å². The molecule has 0 aliphatic carbocycles. The molecule has 0 saturated heterocycles. The first-order valence-corrected chi connectivity index (χ1v) is 10.2. The van der Waals surface area contributed by atoms with Gasteiger partial charge in [-0.05, 0) is 54.5 Å². The van der Waals surface area contributed by atoms with Gasteiger partial charge in [0.25, 0.3) is 5.69 Å². The predicted octanol–water partition coefficient (Wildman–Crippen LogP) is 5.17. The molecule has 0 heterocycles. The average Bonchev–Trinajstić information content (AvgIpc) is 2.69. The van der Waals surface area contributed by atoms with Crippen molar-refractivity contribution >= 4 is 75.5 Å². The summed E-state index contributed by atoms with van der Waals surface area (Å²) in [5.41, 5.74) is 1.09. The average molecular weight is 481 g/mol. The van der Waals surface area contributed by atoms with E-state index in [0.29, 0.717) is 28.4 Å². The lowest BCUT2D eigenvalue weighted by Crippen LogP contribution is -2.32. The summed E-state index contributed by atoms with van der Waals surface area (Å²) >= 11 is 17.0. The number of carbonyl (C=O) groups excluding carboxylic acids is 2. The maximum absolute atomic E-state index is 12.1. The van der Waals surface area contributed by atoms with Crippen LogP contribution in [0, 0.1) is 10.1 Å². The molecule has 0 aromatic heterocycles. The van der Waals surface area contributed by atoms with E-state index in [9.17, 15) is 19.7 Å². The van der Waals surface area contributed by atoms with Crippen LogP contribution in [0.5, 0.6) is 0 Å². The highest BCUT2D eigenvalue weighted by Gasteiger charge is 2.12. The van der Waals surface area contributed by atoms with Gasteiger partial charge in [-0.15, -0.1) is 0 Å². The van der Waals surface area contributed by atoms with Crippen LogP contribution in [0.15, 0.2) is 42.5 Å². The molecule has 0 unspecified atom stereocenters. The van der Waals surface area contributed by atoms with Gasteiger partial charge in [0.1, 0.15) is 5.02 Å². The van der Waals surface area contributed by atoms with E-state index in [1.165, 1.54) is 30.4 Å². The highest BCUT2D eigenvalue weighted by molar-refractivity contribution is 7.80. The van der Waals surface area contributed by atoms with Gasteiger partial charge in [-0.25, -0.2) is 0 Å². The number of amides is 2. The molecule has 11 heteroatoms. The summed E-state index contributed by atoms with van der Waals surface area (Å²) in [6.45, 7) is 1.90. The van der Waals surface area contributed by atoms with Crippen LogP contribution in [0.1, 0.15) is 25.3 Å². The first kappa shape index (κ1) is 24.3. The number of nitrogens with zero attached hydrogens (tertiary/aromatic N) is 1. The Balaban J connectivity index is 2.00. The van der Waals surface area contributed by atoms with Gasteiger partial charge in [0, 0.05) is 24.3 Å². The number of nitro benzene ring substituents is 1. The van der Waals surface area contributed by atoms with E-state index in [-0.39, 0.29) is 21.7 Å². The lowest BCUT2D eigenvalue weighted by atomic mass is 10.2. The molecule has 0 fully saturated rings. The number of hydrogen-bond donors (Lipinski definition) is 3. The lowest BCUT2D eigenvalue weighted by Gasteiger charge is -2.12.